The molecule has 0 radical (unpaired) electrons. The summed E-state index contributed by atoms with van der Waals surface area (Å²) in [5, 5.41) is 3.58. The summed E-state index contributed by atoms with van der Waals surface area (Å²) in [5.74, 6) is 0.0268. The van der Waals surface area contributed by atoms with E-state index in [9.17, 15) is 18.0 Å². The van der Waals surface area contributed by atoms with E-state index in [4.69, 9.17) is 10.5 Å². The summed E-state index contributed by atoms with van der Waals surface area (Å²) in [5.41, 5.74) is 10.4. The number of rotatable bonds is 6. The lowest BCUT2D eigenvalue weighted by Crippen LogP contribution is -2.31. The lowest BCUT2D eigenvalue weighted by Gasteiger charge is -2.30. The minimum absolute atomic E-state index is 0.0214. The molecule has 3 aromatic carbocycles. The van der Waals surface area contributed by atoms with Crippen molar-refractivity contribution in [1.82, 2.24) is 15.0 Å². The molecule has 8 nitrogen and oxygen atoms in total. The van der Waals surface area contributed by atoms with Gasteiger partial charge < -0.3 is 20.7 Å². The average Bonchev–Trinajstić information content (AvgIpc) is 3.05. The van der Waals surface area contributed by atoms with Gasteiger partial charge in [0, 0.05) is 54.0 Å². The van der Waals surface area contributed by atoms with Crippen molar-refractivity contribution in [3.8, 4) is 28.0 Å². The predicted molar refractivity (Wildman–Crippen MR) is 169 cm³/mol. The highest BCUT2D eigenvalue weighted by Gasteiger charge is 2.33. The van der Waals surface area contributed by atoms with Gasteiger partial charge in [-0.15, -0.1) is 0 Å². The summed E-state index contributed by atoms with van der Waals surface area (Å²) < 4.78 is 47.1. The van der Waals surface area contributed by atoms with E-state index < -0.39 is 17.6 Å². The minimum Gasteiger partial charge on any atom is -0.495 e. The van der Waals surface area contributed by atoms with Crippen molar-refractivity contribution in [3.63, 3.8) is 0 Å². The Labute approximate surface area is 258 Å². The van der Waals surface area contributed by atoms with E-state index in [1.54, 1.807) is 37.8 Å². The maximum atomic E-state index is 13.7. The summed E-state index contributed by atoms with van der Waals surface area (Å²) in [6.07, 6.45) is 3.27. The van der Waals surface area contributed by atoms with Crippen LogP contribution in [0.1, 0.15) is 40.7 Å². The first-order valence-electron chi connectivity index (χ1n) is 14.6. The number of carbonyl (C=O) groups is 1. The van der Waals surface area contributed by atoms with E-state index in [1.165, 1.54) is 6.07 Å². The summed E-state index contributed by atoms with van der Waals surface area (Å²) >= 11 is 0. The SMILES string of the molecule is COc1c(-c2cc(NC(=O)c3cc(C(F)(F)F)ccc3N3CCCCC3)ccc2C)cc2cnc(N)nc2c1-c1ccncc1. The second-order valence-electron chi connectivity index (χ2n) is 11.0. The summed E-state index contributed by atoms with van der Waals surface area (Å²) in [7, 11) is 1.57. The van der Waals surface area contributed by atoms with E-state index in [2.05, 4.69) is 20.3 Å². The van der Waals surface area contributed by atoms with Crippen LogP contribution < -0.4 is 20.7 Å². The molecule has 5 aromatic rings. The fourth-order valence-corrected chi connectivity index (χ4v) is 5.87. The maximum Gasteiger partial charge on any atom is 0.416 e. The number of benzene rings is 3. The number of nitrogens with two attached hydrogens (primary N) is 1. The number of carbonyl (C=O) groups excluding carboxylic acids is 1. The number of anilines is 3. The van der Waals surface area contributed by atoms with Crippen molar-refractivity contribution in [2.24, 2.45) is 0 Å². The number of pyridine rings is 1. The molecule has 1 aliphatic heterocycles. The zero-order valence-electron chi connectivity index (χ0n) is 24.8. The summed E-state index contributed by atoms with van der Waals surface area (Å²) in [6.45, 7) is 3.28. The number of aryl methyl sites for hydroxylation is 1. The smallest absolute Gasteiger partial charge is 0.416 e. The molecule has 230 valence electrons. The molecule has 0 atom stereocenters. The van der Waals surface area contributed by atoms with Crippen LogP contribution in [0.4, 0.5) is 30.5 Å². The number of ether oxygens (including phenoxy) is 1. The number of piperidine rings is 1. The van der Waals surface area contributed by atoms with Crippen molar-refractivity contribution in [2.45, 2.75) is 32.4 Å². The van der Waals surface area contributed by atoms with Crippen molar-refractivity contribution in [1.29, 1.82) is 0 Å². The van der Waals surface area contributed by atoms with Gasteiger partial charge in [-0.05, 0) is 91.4 Å². The predicted octanol–water partition coefficient (Wildman–Crippen LogP) is 7.52. The Morgan fingerprint density at radius 3 is 2.44 bits per heavy atom. The van der Waals surface area contributed by atoms with E-state index in [0.717, 1.165) is 53.5 Å². The lowest BCUT2D eigenvalue weighted by atomic mass is 9.92. The highest BCUT2D eigenvalue weighted by Crippen LogP contribution is 2.45. The molecule has 0 aliphatic carbocycles. The van der Waals surface area contributed by atoms with Crippen LogP contribution >= 0.6 is 0 Å². The number of halogens is 3. The number of amides is 1. The third-order valence-corrected chi connectivity index (χ3v) is 8.07. The molecule has 3 N–H and O–H groups in total. The topological polar surface area (TPSA) is 106 Å². The monoisotopic (exact) mass is 612 g/mol. The Morgan fingerprint density at radius 1 is 0.978 bits per heavy atom. The van der Waals surface area contributed by atoms with Crippen molar-refractivity contribution in [2.75, 3.05) is 36.1 Å². The van der Waals surface area contributed by atoms with Crippen LogP contribution in [-0.2, 0) is 6.18 Å². The lowest BCUT2D eigenvalue weighted by molar-refractivity contribution is -0.137. The van der Waals surface area contributed by atoms with Crippen LogP contribution in [0.3, 0.4) is 0 Å². The van der Waals surface area contributed by atoms with Crippen molar-refractivity contribution >= 4 is 34.1 Å². The first-order valence-corrected chi connectivity index (χ1v) is 14.6. The van der Waals surface area contributed by atoms with Crippen LogP contribution in [0.25, 0.3) is 33.2 Å². The van der Waals surface area contributed by atoms with Crippen LogP contribution in [-0.4, -0.2) is 41.1 Å². The average molecular weight is 613 g/mol. The Kier molecular flexibility index (Phi) is 8.01. The standard InChI is InChI=1S/C34H31F3N6O2/c1-20-6-8-24(41-32(44)27-17-23(34(35,36)37)7-9-28(27)43-14-4-3-5-15-43)18-25(20)26-16-22-19-40-33(38)42-30(22)29(31(26)45-2)21-10-12-39-13-11-21/h6-13,16-19H,3-5,14-15H2,1-2H3,(H,41,44)(H2,38,40,42). The highest BCUT2D eigenvalue weighted by molar-refractivity contribution is 6.09. The van der Waals surface area contributed by atoms with Crippen molar-refractivity contribution < 1.29 is 22.7 Å². The number of methoxy groups -OCH3 is 1. The Bertz CT molecular complexity index is 1890. The third-order valence-electron chi connectivity index (χ3n) is 8.07. The second kappa shape index (κ2) is 12.1. The second-order valence-corrected chi connectivity index (χ2v) is 11.0. The Hall–Kier alpha value is -5.19. The molecule has 0 unspecified atom stereocenters. The van der Waals surface area contributed by atoms with E-state index in [0.29, 0.717) is 46.9 Å². The molecule has 2 aromatic heterocycles. The van der Waals surface area contributed by atoms with E-state index in [-0.39, 0.29) is 11.5 Å². The van der Waals surface area contributed by atoms with E-state index >= 15 is 0 Å². The number of fused-ring (bicyclic) bond motifs is 1. The molecular formula is C34H31F3N6O2. The molecule has 0 saturated carbocycles. The van der Waals surface area contributed by atoms with Crippen molar-refractivity contribution in [3.05, 3.63) is 89.9 Å². The number of nitrogens with zero attached hydrogens (tertiary/aromatic N) is 4. The molecular weight excluding hydrogens is 581 g/mol. The van der Waals surface area contributed by atoms with Gasteiger partial charge in [-0.25, -0.2) is 9.97 Å². The normalized spacial score (nSPS) is 13.6. The van der Waals surface area contributed by atoms with Gasteiger partial charge in [-0.2, -0.15) is 13.2 Å². The van der Waals surface area contributed by atoms with Crippen LogP contribution in [0.15, 0.2) is 73.2 Å². The number of hydrogen-bond donors (Lipinski definition) is 2. The Balaban J connectivity index is 1.45. The quantitative estimate of drug-likeness (QED) is 0.204. The summed E-state index contributed by atoms with van der Waals surface area (Å²) in [6, 6.07) is 14.3. The van der Waals surface area contributed by atoms with Gasteiger partial charge in [0.1, 0.15) is 5.75 Å². The molecule has 1 fully saturated rings. The van der Waals surface area contributed by atoms with Gasteiger partial charge in [0.2, 0.25) is 5.95 Å². The molecule has 6 rings (SSSR count). The number of hydrogen-bond acceptors (Lipinski definition) is 7. The number of aromatic nitrogens is 3. The van der Waals surface area contributed by atoms with Crippen LogP contribution in [0, 0.1) is 6.92 Å². The van der Waals surface area contributed by atoms with Crippen LogP contribution in [0.2, 0.25) is 0 Å². The number of nitrogens with one attached hydrogen (secondary N) is 1. The molecule has 11 heteroatoms. The van der Waals surface area contributed by atoms with E-state index in [1.807, 2.05) is 36.1 Å². The molecule has 1 amide bonds. The van der Waals surface area contributed by atoms with Gasteiger partial charge >= 0.3 is 6.18 Å². The molecule has 0 bridgehead atoms. The first kappa shape index (κ1) is 29.9. The largest absolute Gasteiger partial charge is 0.495 e. The number of alkyl halides is 3. The zero-order chi connectivity index (χ0) is 31.7. The molecule has 45 heavy (non-hydrogen) atoms. The maximum absolute atomic E-state index is 13.7. The fraction of sp³-hybridized carbons (Fsp3) is 0.235. The van der Waals surface area contributed by atoms with Gasteiger partial charge in [0.05, 0.1) is 29.3 Å². The van der Waals surface area contributed by atoms with Gasteiger partial charge in [0.25, 0.3) is 5.91 Å². The zero-order valence-corrected chi connectivity index (χ0v) is 24.8. The van der Waals surface area contributed by atoms with Crippen LogP contribution in [0.5, 0.6) is 5.75 Å². The Morgan fingerprint density at radius 2 is 1.73 bits per heavy atom. The number of nitrogen functional groups attached to an aromatic ring is 1. The van der Waals surface area contributed by atoms with Gasteiger partial charge in [-0.1, -0.05) is 6.07 Å². The molecule has 1 aliphatic rings. The molecule has 3 heterocycles. The summed E-state index contributed by atoms with van der Waals surface area (Å²) in [4.78, 5) is 28.5. The van der Waals surface area contributed by atoms with Gasteiger partial charge in [0.15, 0.2) is 0 Å². The first-order chi connectivity index (χ1) is 21.6. The highest BCUT2D eigenvalue weighted by atomic mass is 19.4. The fourth-order valence-electron chi connectivity index (χ4n) is 5.87. The minimum atomic E-state index is -4.58. The molecule has 0 spiro atoms. The van der Waals surface area contributed by atoms with Gasteiger partial charge in [-0.3, -0.25) is 9.78 Å². The third kappa shape index (κ3) is 5.98. The molecule has 1 saturated heterocycles.